The van der Waals surface area contributed by atoms with E-state index >= 15 is 0 Å². The number of nitrogens with two attached hydrogens (primary N) is 1. The molecule has 0 unspecified atom stereocenters. The van der Waals surface area contributed by atoms with E-state index in [1.807, 2.05) is 12.1 Å². The lowest BCUT2D eigenvalue weighted by Gasteiger charge is -2.04. The Kier molecular flexibility index (Phi) is 2.99. The molecule has 0 saturated heterocycles. The second-order valence-electron chi connectivity index (χ2n) is 5.57. The fraction of sp³-hybridized carbons (Fsp3) is 0.176. The third-order valence-corrected chi connectivity index (χ3v) is 4.89. The summed E-state index contributed by atoms with van der Waals surface area (Å²) in [5.41, 5.74) is 11.6. The van der Waals surface area contributed by atoms with Crippen LogP contribution in [0.3, 0.4) is 0 Å². The molecule has 0 aliphatic heterocycles. The van der Waals surface area contributed by atoms with E-state index in [4.69, 9.17) is 5.73 Å². The predicted octanol–water partition coefficient (Wildman–Crippen LogP) is 3.69. The van der Waals surface area contributed by atoms with Crippen molar-refractivity contribution in [2.24, 2.45) is 5.73 Å². The maximum Gasteiger partial charge on any atom is 0.217 e. The first-order valence-corrected chi connectivity index (χ1v) is 8.03. The minimum absolute atomic E-state index is 0.551. The number of hydrogen-bond acceptors (Lipinski definition) is 4. The zero-order valence-corrected chi connectivity index (χ0v) is 13.3. The van der Waals surface area contributed by atoms with Crippen LogP contribution in [0.2, 0.25) is 0 Å². The molecule has 0 atom stereocenters. The van der Waals surface area contributed by atoms with Gasteiger partial charge < -0.3 is 5.73 Å². The maximum atomic E-state index is 5.67. The first kappa shape index (κ1) is 13.4. The van der Waals surface area contributed by atoms with E-state index in [2.05, 4.69) is 52.7 Å². The number of aromatic nitrogens is 3. The lowest BCUT2D eigenvalue weighted by Crippen LogP contribution is -1.96. The fourth-order valence-electron chi connectivity index (χ4n) is 2.90. The normalized spacial score (nSPS) is 11.6. The monoisotopic (exact) mass is 308 g/mol. The fourth-order valence-corrected chi connectivity index (χ4v) is 4.04. The van der Waals surface area contributed by atoms with Crippen molar-refractivity contribution in [1.29, 1.82) is 0 Å². The number of aryl methyl sites for hydroxylation is 2. The molecule has 2 N–H and O–H groups in total. The highest BCUT2D eigenvalue weighted by Gasteiger charge is 2.15. The molecule has 4 nitrogen and oxygen atoms in total. The van der Waals surface area contributed by atoms with Gasteiger partial charge in [0.15, 0.2) is 5.82 Å². The van der Waals surface area contributed by atoms with Crippen LogP contribution in [-0.2, 0) is 6.54 Å². The van der Waals surface area contributed by atoms with E-state index in [-0.39, 0.29) is 0 Å². The van der Waals surface area contributed by atoms with Crippen molar-refractivity contribution in [2.75, 3.05) is 0 Å². The average molecular weight is 308 g/mol. The lowest BCUT2D eigenvalue weighted by molar-refractivity contribution is 1.07. The zero-order valence-electron chi connectivity index (χ0n) is 12.5. The van der Waals surface area contributed by atoms with Crippen LogP contribution < -0.4 is 5.73 Å². The molecule has 110 valence electrons. The predicted molar refractivity (Wildman–Crippen MR) is 91.2 cm³/mol. The summed E-state index contributed by atoms with van der Waals surface area (Å²) in [7, 11) is 0. The number of benzene rings is 2. The molecule has 2 heterocycles. The standard InChI is InChI=1S/C17H16N4S/c1-10-7-11(2)15-14(8-10)22-17-20-19-16(21(15)17)13-5-3-12(9-18)4-6-13/h3-8H,9,18H2,1-2H3. The first-order chi connectivity index (χ1) is 10.7. The van der Waals surface area contributed by atoms with Crippen molar-refractivity contribution in [3.8, 4) is 11.4 Å². The van der Waals surface area contributed by atoms with Gasteiger partial charge in [-0.25, -0.2) is 0 Å². The van der Waals surface area contributed by atoms with Gasteiger partial charge in [0, 0.05) is 12.1 Å². The number of fused-ring (bicyclic) bond motifs is 3. The Labute approximate surface area is 132 Å². The molecule has 22 heavy (non-hydrogen) atoms. The van der Waals surface area contributed by atoms with Crippen molar-refractivity contribution < 1.29 is 0 Å². The van der Waals surface area contributed by atoms with Gasteiger partial charge in [-0.2, -0.15) is 0 Å². The highest BCUT2D eigenvalue weighted by molar-refractivity contribution is 7.23. The Morgan fingerprint density at radius 3 is 2.59 bits per heavy atom. The Morgan fingerprint density at radius 1 is 1.09 bits per heavy atom. The second kappa shape index (κ2) is 4.90. The van der Waals surface area contributed by atoms with E-state index in [1.165, 1.54) is 21.3 Å². The van der Waals surface area contributed by atoms with Gasteiger partial charge in [-0.1, -0.05) is 41.7 Å². The van der Waals surface area contributed by atoms with Gasteiger partial charge in [0.1, 0.15) is 0 Å². The summed E-state index contributed by atoms with van der Waals surface area (Å²) < 4.78 is 3.41. The summed E-state index contributed by atoms with van der Waals surface area (Å²) in [6.45, 7) is 4.82. The van der Waals surface area contributed by atoms with Crippen LogP contribution in [0.15, 0.2) is 36.4 Å². The van der Waals surface area contributed by atoms with Crippen LogP contribution in [0, 0.1) is 13.8 Å². The van der Waals surface area contributed by atoms with Crippen LogP contribution >= 0.6 is 11.3 Å². The van der Waals surface area contributed by atoms with Crippen molar-refractivity contribution >= 4 is 26.5 Å². The third kappa shape index (κ3) is 1.94. The molecule has 5 heteroatoms. The average Bonchev–Trinajstić information content (AvgIpc) is 3.05. The van der Waals surface area contributed by atoms with E-state index in [0.717, 1.165) is 21.9 Å². The second-order valence-corrected chi connectivity index (χ2v) is 6.58. The van der Waals surface area contributed by atoms with E-state index in [9.17, 15) is 0 Å². The summed E-state index contributed by atoms with van der Waals surface area (Å²) in [6.07, 6.45) is 0. The number of nitrogens with zero attached hydrogens (tertiary/aromatic N) is 3. The first-order valence-electron chi connectivity index (χ1n) is 7.21. The molecule has 0 bridgehead atoms. The van der Waals surface area contributed by atoms with Crippen molar-refractivity contribution in [3.63, 3.8) is 0 Å². The lowest BCUT2D eigenvalue weighted by atomic mass is 10.1. The molecule has 2 aromatic heterocycles. The smallest absolute Gasteiger partial charge is 0.217 e. The number of thiazole rings is 1. The van der Waals surface area contributed by atoms with Gasteiger partial charge in [-0.05, 0) is 36.6 Å². The summed E-state index contributed by atoms with van der Waals surface area (Å²) in [4.78, 5) is 0.932. The molecule has 0 fully saturated rings. The quantitative estimate of drug-likeness (QED) is 0.614. The third-order valence-electron chi connectivity index (χ3n) is 3.92. The number of hydrogen-bond donors (Lipinski definition) is 1. The van der Waals surface area contributed by atoms with Crippen LogP contribution in [0.5, 0.6) is 0 Å². The molecule has 2 aromatic carbocycles. The molecular weight excluding hydrogens is 292 g/mol. The molecule has 4 aromatic rings. The van der Waals surface area contributed by atoms with Crippen molar-refractivity contribution in [2.45, 2.75) is 20.4 Å². The Bertz CT molecular complexity index is 979. The molecule has 0 amide bonds. The Balaban J connectivity index is 2.01. The highest BCUT2D eigenvalue weighted by Crippen LogP contribution is 2.32. The van der Waals surface area contributed by atoms with Gasteiger partial charge in [-0.3, -0.25) is 4.40 Å². The van der Waals surface area contributed by atoms with E-state index < -0.39 is 0 Å². The van der Waals surface area contributed by atoms with E-state index in [1.54, 1.807) is 11.3 Å². The highest BCUT2D eigenvalue weighted by atomic mass is 32.1. The molecule has 0 radical (unpaired) electrons. The molecule has 4 rings (SSSR count). The summed E-state index contributed by atoms with van der Waals surface area (Å²) >= 11 is 1.68. The summed E-state index contributed by atoms with van der Waals surface area (Å²) in [6, 6.07) is 12.6. The van der Waals surface area contributed by atoms with Gasteiger partial charge in [0.2, 0.25) is 4.96 Å². The largest absolute Gasteiger partial charge is 0.326 e. The Hall–Kier alpha value is -2.24. The van der Waals surface area contributed by atoms with Crippen LogP contribution in [0.25, 0.3) is 26.6 Å². The minimum Gasteiger partial charge on any atom is -0.326 e. The van der Waals surface area contributed by atoms with Crippen LogP contribution in [-0.4, -0.2) is 14.6 Å². The van der Waals surface area contributed by atoms with Crippen molar-refractivity contribution in [3.05, 3.63) is 53.1 Å². The molecule has 0 saturated carbocycles. The van der Waals surface area contributed by atoms with Gasteiger partial charge in [0.05, 0.1) is 10.2 Å². The van der Waals surface area contributed by atoms with Gasteiger partial charge >= 0.3 is 0 Å². The zero-order chi connectivity index (χ0) is 15.3. The topological polar surface area (TPSA) is 56.2 Å². The SMILES string of the molecule is Cc1cc(C)c2c(c1)sc1nnc(-c3ccc(CN)cc3)n12. The summed E-state index contributed by atoms with van der Waals surface area (Å²) in [5.74, 6) is 0.886. The molecule has 0 aliphatic carbocycles. The minimum atomic E-state index is 0.551. The summed E-state index contributed by atoms with van der Waals surface area (Å²) in [5, 5.41) is 8.74. The van der Waals surface area contributed by atoms with Gasteiger partial charge in [0.25, 0.3) is 0 Å². The van der Waals surface area contributed by atoms with Crippen molar-refractivity contribution in [1.82, 2.24) is 14.6 Å². The molecule has 0 aliphatic rings. The van der Waals surface area contributed by atoms with Gasteiger partial charge in [-0.15, -0.1) is 10.2 Å². The van der Waals surface area contributed by atoms with E-state index in [0.29, 0.717) is 6.54 Å². The maximum absolute atomic E-state index is 5.67. The molecule has 0 spiro atoms. The molecular formula is C17H16N4S. The Morgan fingerprint density at radius 2 is 1.86 bits per heavy atom. The van der Waals surface area contributed by atoms with Crippen LogP contribution in [0.1, 0.15) is 16.7 Å². The van der Waals surface area contributed by atoms with Crippen LogP contribution in [0.4, 0.5) is 0 Å². The number of rotatable bonds is 2.